The maximum atomic E-state index is 9.00. The van der Waals surface area contributed by atoms with Crippen LogP contribution in [0.25, 0.3) is 5.65 Å². The van der Waals surface area contributed by atoms with E-state index in [4.69, 9.17) is 5.11 Å². The average Bonchev–Trinajstić information content (AvgIpc) is 2.95. The molecule has 90 valence electrons. The van der Waals surface area contributed by atoms with Gasteiger partial charge in [0.15, 0.2) is 5.65 Å². The van der Waals surface area contributed by atoms with E-state index in [1.165, 1.54) is 12.8 Å². The van der Waals surface area contributed by atoms with Crippen molar-refractivity contribution in [2.75, 3.05) is 18.5 Å². The fourth-order valence-corrected chi connectivity index (χ4v) is 2.12. The second-order valence-electron chi connectivity index (χ2n) is 4.77. The fourth-order valence-electron chi connectivity index (χ4n) is 2.12. The summed E-state index contributed by atoms with van der Waals surface area (Å²) in [5.74, 6) is 0.877. The molecule has 1 aliphatic rings. The third-order valence-electron chi connectivity index (χ3n) is 3.50. The highest BCUT2D eigenvalue weighted by atomic mass is 16.3. The molecule has 0 bridgehead atoms. The van der Waals surface area contributed by atoms with Crippen molar-refractivity contribution in [3.8, 4) is 0 Å². The molecule has 2 aromatic rings. The van der Waals surface area contributed by atoms with Crippen LogP contribution < -0.4 is 5.32 Å². The Morgan fingerprint density at radius 1 is 1.41 bits per heavy atom. The molecule has 2 aromatic heterocycles. The number of anilines is 1. The van der Waals surface area contributed by atoms with Crippen LogP contribution in [-0.4, -0.2) is 32.9 Å². The largest absolute Gasteiger partial charge is 0.396 e. The van der Waals surface area contributed by atoms with Crippen LogP contribution >= 0.6 is 0 Å². The van der Waals surface area contributed by atoms with Gasteiger partial charge in [0.05, 0.1) is 6.20 Å². The van der Waals surface area contributed by atoms with Crippen molar-refractivity contribution in [1.82, 2.24) is 14.6 Å². The molecule has 1 saturated carbocycles. The minimum Gasteiger partial charge on any atom is -0.396 e. The Morgan fingerprint density at radius 3 is 3.06 bits per heavy atom. The van der Waals surface area contributed by atoms with Gasteiger partial charge in [-0.15, -0.1) is 0 Å². The molecular weight excluding hydrogens is 216 g/mol. The van der Waals surface area contributed by atoms with E-state index >= 15 is 0 Å². The van der Waals surface area contributed by atoms with E-state index in [0.717, 1.165) is 24.4 Å². The molecule has 0 aromatic carbocycles. The first kappa shape index (κ1) is 10.5. The lowest BCUT2D eigenvalue weighted by Gasteiger charge is -2.14. The summed E-state index contributed by atoms with van der Waals surface area (Å²) in [6.07, 6.45) is 6.93. The smallest absolute Gasteiger partial charge is 0.157 e. The van der Waals surface area contributed by atoms with Crippen molar-refractivity contribution in [2.24, 2.45) is 5.41 Å². The van der Waals surface area contributed by atoms with E-state index < -0.39 is 0 Å². The summed E-state index contributed by atoms with van der Waals surface area (Å²) in [4.78, 5) is 4.45. The number of fused-ring (bicyclic) bond motifs is 1. The molecule has 0 unspecified atom stereocenters. The number of hydrogen-bond acceptors (Lipinski definition) is 4. The molecule has 0 radical (unpaired) electrons. The van der Waals surface area contributed by atoms with E-state index in [0.29, 0.717) is 5.41 Å². The van der Waals surface area contributed by atoms with Gasteiger partial charge >= 0.3 is 0 Å². The molecule has 5 nitrogen and oxygen atoms in total. The summed E-state index contributed by atoms with van der Waals surface area (Å²) in [5.41, 5.74) is 1.16. The topological polar surface area (TPSA) is 62.5 Å². The lowest BCUT2D eigenvalue weighted by atomic mass is 10.0. The number of rotatable bonds is 5. The molecule has 0 aliphatic heterocycles. The van der Waals surface area contributed by atoms with Gasteiger partial charge in [0.25, 0.3) is 0 Å². The molecule has 2 heterocycles. The van der Waals surface area contributed by atoms with Gasteiger partial charge in [-0.2, -0.15) is 5.10 Å². The van der Waals surface area contributed by atoms with Gasteiger partial charge in [0, 0.05) is 25.4 Å². The molecule has 3 rings (SSSR count). The molecule has 0 saturated heterocycles. The first-order valence-electron chi connectivity index (χ1n) is 5.97. The van der Waals surface area contributed by atoms with Crippen LogP contribution in [0.1, 0.15) is 19.3 Å². The van der Waals surface area contributed by atoms with Crippen LogP contribution in [0.2, 0.25) is 0 Å². The number of aliphatic hydroxyl groups excluding tert-OH is 1. The van der Waals surface area contributed by atoms with Crippen molar-refractivity contribution >= 4 is 11.5 Å². The Morgan fingerprint density at radius 2 is 2.29 bits per heavy atom. The van der Waals surface area contributed by atoms with Crippen molar-refractivity contribution in [3.05, 3.63) is 24.5 Å². The van der Waals surface area contributed by atoms with Crippen LogP contribution in [0, 0.1) is 5.41 Å². The highest BCUT2D eigenvalue weighted by Gasteiger charge is 2.41. The summed E-state index contributed by atoms with van der Waals surface area (Å²) in [6.45, 7) is 1.17. The maximum absolute atomic E-state index is 9.00. The highest BCUT2D eigenvalue weighted by Crippen LogP contribution is 2.48. The summed E-state index contributed by atoms with van der Waals surface area (Å²) in [5, 5.41) is 16.5. The number of aromatic nitrogens is 3. The number of nitrogens with zero attached hydrogens (tertiary/aromatic N) is 3. The van der Waals surface area contributed by atoms with Gasteiger partial charge in [-0.25, -0.2) is 9.50 Å². The highest BCUT2D eigenvalue weighted by molar-refractivity contribution is 5.45. The van der Waals surface area contributed by atoms with Gasteiger partial charge in [-0.05, 0) is 30.7 Å². The molecule has 17 heavy (non-hydrogen) atoms. The SMILES string of the molecule is OCCC1(CNc2ccn3nccc3n2)CC1. The minimum absolute atomic E-state index is 0.275. The zero-order valence-electron chi connectivity index (χ0n) is 9.63. The third kappa shape index (κ3) is 2.10. The Kier molecular flexibility index (Phi) is 2.48. The first-order chi connectivity index (χ1) is 8.31. The predicted molar refractivity (Wildman–Crippen MR) is 64.8 cm³/mol. The molecular formula is C12H16N4O. The van der Waals surface area contributed by atoms with Crippen molar-refractivity contribution in [2.45, 2.75) is 19.3 Å². The third-order valence-corrected chi connectivity index (χ3v) is 3.50. The van der Waals surface area contributed by atoms with E-state index in [1.54, 1.807) is 10.7 Å². The molecule has 0 atom stereocenters. The molecule has 1 fully saturated rings. The van der Waals surface area contributed by atoms with Crippen molar-refractivity contribution < 1.29 is 5.11 Å². The summed E-state index contributed by atoms with van der Waals surface area (Å²) >= 11 is 0. The maximum Gasteiger partial charge on any atom is 0.157 e. The van der Waals surface area contributed by atoms with Crippen LogP contribution in [0.15, 0.2) is 24.5 Å². The standard InChI is InChI=1S/C12H16N4O/c17-8-5-12(3-4-12)9-13-10-2-7-16-11(15-10)1-6-14-16/h1-2,6-7,17H,3-5,8-9H2,(H,13,15). The molecule has 0 spiro atoms. The monoisotopic (exact) mass is 232 g/mol. The van der Waals surface area contributed by atoms with E-state index in [1.807, 2.05) is 18.3 Å². The zero-order chi connectivity index (χ0) is 11.7. The normalized spacial score (nSPS) is 17.2. The van der Waals surface area contributed by atoms with Gasteiger partial charge in [0.1, 0.15) is 5.82 Å². The van der Waals surface area contributed by atoms with E-state index in [9.17, 15) is 0 Å². The number of aliphatic hydroxyl groups is 1. The zero-order valence-corrected chi connectivity index (χ0v) is 9.63. The molecule has 5 heteroatoms. The molecule has 2 N–H and O–H groups in total. The van der Waals surface area contributed by atoms with Crippen LogP contribution in [0.5, 0.6) is 0 Å². The second-order valence-corrected chi connectivity index (χ2v) is 4.77. The molecule has 1 aliphatic carbocycles. The number of hydrogen-bond donors (Lipinski definition) is 2. The van der Waals surface area contributed by atoms with E-state index in [-0.39, 0.29) is 6.61 Å². The van der Waals surface area contributed by atoms with Crippen LogP contribution in [-0.2, 0) is 0 Å². The van der Waals surface area contributed by atoms with Crippen molar-refractivity contribution in [3.63, 3.8) is 0 Å². The lowest BCUT2D eigenvalue weighted by molar-refractivity contribution is 0.253. The Hall–Kier alpha value is -1.62. The Balaban J connectivity index is 1.68. The van der Waals surface area contributed by atoms with Crippen LogP contribution in [0.3, 0.4) is 0 Å². The first-order valence-corrected chi connectivity index (χ1v) is 5.97. The van der Waals surface area contributed by atoms with E-state index in [2.05, 4.69) is 15.4 Å². The summed E-state index contributed by atoms with van der Waals surface area (Å²) < 4.78 is 1.74. The molecule has 0 amide bonds. The predicted octanol–water partition coefficient (Wildman–Crippen LogP) is 1.30. The van der Waals surface area contributed by atoms with Crippen molar-refractivity contribution in [1.29, 1.82) is 0 Å². The number of nitrogens with one attached hydrogen (secondary N) is 1. The second kappa shape index (κ2) is 4.00. The van der Waals surface area contributed by atoms with Gasteiger partial charge in [-0.1, -0.05) is 0 Å². The average molecular weight is 232 g/mol. The Labute approximate surface area is 99.5 Å². The Bertz CT molecular complexity index is 518. The van der Waals surface area contributed by atoms with Gasteiger partial charge < -0.3 is 10.4 Å². The fraction of sp³-hybridized carbons (Fsp3) is 0.500. The van der Waals surface area contributed by atoms with Crippen LogP contribution in [0.4, 0.5) is 5.82 Å². The van der Waals surface area contributed by atoms with Gasteiger partial charge in [0.2, 0.25) is 0 Å². The quantitative estimate of drug-likeness (QED) is 0.815. The lowest BCUT2D eigenvalue weighted by Crippen LogP contribution is -2.17. The minimum atomic E-state index is 0.275. The van der Waals surface area contributed by atoms with Gasteiger partial charge in [-0.3, -0.25) is 0 Å². The summed E-state index contributed by atoms with van der Waals surface area (Å²) in [7, 11) is 0. The summed E-state index contributed by atoms with van der Waals surface area (Å²) in [6, 6.07) is 3.81.